The molecule has 1 aromatic heterocycles. The summed E-state index contributed by atoms with van der Waals surface area (Å²) in [4.78, 5) is 25.8. The van der Waals surface area contributed by atoms with Crippen molar-refractivity contribution in [2.45, 2.75) is 20.8 Å². The zero-order valence-corrected chi connectivity index (χ0v) is 11.2. The molecular formula is C15H16N2O2. The van der Waals surface area contributed by atoms with E-state index in [1.165, 1.54) is 6.92 Å². The highest BCUT2D eigenvalue weighted by Crippen LogP contribution is 2.28. The summed E-state index contributed by atoms with van der Waals surface area (Å²) in [5, 5.41) is 2.74. The summed E-state index contributed by atoms with van der Waals surface area (Å²) < 4.78 is 0. The number of carbonyl (C=O) groups excluding carboxylic acids is 2. The third-order valence-electron chi connectivity index (χ3n) is 2.92. The van der Waals surface area contributed by atoms with E-state index in [9.17, 15) is 9.59 Å². The number of H-pyrrole nitrogens is 1. The second-order valence-electron chi connectivity index (χ2n) is 4.52. The minimum absolute atomic E-state index is 0.0266. The molecule has 0 fully saturated rings. The number of aromatic nitrogens is 1. The number of amides is 1. The van der Waals surface area contributed by atoms with E-state index < -0.39 is 0 Å². The Morgan fingerprint density at radius 2 is 1.95 bits per heavy atom. The van der Waals surface area contributed by atoms with Crippen LogP contribution in [-0.4, -0.2) is 16.7 Å². The summed E-state index contributed by atoms with van der Waals surface area (Å²) in [6.07, 6.45) is 1.82. The lowest BCUT2D eigenvalue weighted by Gasteiger charge is -2.06. The quantitative estimate of drug-likeness (QED) is 0.829. The summed E-state index contributed by atoms with van der Waals surface area (Å²) >= 11 is 0. The fourth-order valence-corrected chi connectivity index (χ4v) is 2.18. The Morgan fingerprint density at radius 1 is 1.21 bits per heavy atom. The van der Waals surface area contributed by atoms with Crippen LogP contribution in [0.3, 0.4) is 0 Å². The molecule has 2 N–H and O–H groups in total. The SMILES string of the molecule is CC(=O)Nc1cccc(-c2c[nH]c(C)c2C(C)=O)c1. The lowest BCUT2D eigenvalue weighted by atomic mass is 10.0. The Morgan fingerprint density at radius 3 is 2.58 bits per heavy atom. The molecule has 19 heavy (non-hydrogen) atoms. The topological polar surface area (TPSA) is 62.0 Å². The van der Waals surface area contributed by atoms with Crippen LogP contribution in [0.25, 0.3) is 11.1 Å². The standard InChI is InChI=1S/C15H16N2O2/c1-9-15(10(2)18)14(8-16-9)12-5-4-6-13(7-12)17-11(3)19/h4-8,16H,1-3H3,(H,17,19). The second kappa shape index (κ2) is 5.10. The van der Waals surface area contributed by atoms with Crippen molar-refractivity contribution >= 4 is 17.4 Å². The summed E-state index contributed by atoms with van der Waals surface area (Å²) in [6.45, 7) is 4.89. The molecule has 0 unspecified atom stereocenters. The van der Waals surface area contributed by atoms with Gasteiger partial charge in [0.25, 0.3) is 0 Å². The van der Waals surface area contributed by atoms with Crippen molar-refractivity contribution in [2.75, 3.05) is 5.32 Å². The zero-order chi connectivity index (χ0) is 14.0. The first kappa shape index (κ1) is 13.1. The molecule has 2 aromatic rings. The summed E-state index contributed by atoms with van der Waals surface area (Å²) in [7, 11) is 0. The molecule has 4 nitrogen and oxygen atoms in total. The number of rotatable bonds is 3. The number of carbonyl (C=O) groups is 2. The van der Waals surface area contributed by atoms with Crippen LogP contribution in [0.1, 0.15) is 29.9 Å². The Balaban J connectivity index is 2.47. The van der Waals surface area contributed by atoms with Gasteiger partial charge >= 0.3 is 0 Å². The van der Waals surface area contributed by atoms with Crippen molar-refractivity contribution in [1.29, 1.82) is 0 Å². The Hall–Kier alpha value is -2.36. The molecule has 1 aromatic carbocycles. The van der Waals surface area contributed by atoms with Crippen LogP contribution in [0.4, 0.5) is 5.69 Å². The van der Waals surface area contributed by atoms with Crippen molar-refractivity contribution in [3.63, 3.8) is 0 Å². The smallest absolute Gasteiger partial charge is 0.221 e. The van der Waals surface area contributed by atoms with Gasteiger partial charge in [-0.15, -0.1) is 0 Å². The average molecular weight is 256 g/mol. The van der Waals surface area contributed by atoms with Gasteiger partial charge in [-0.25, -0.2) is 0 Å². The number of aromatic amines is 1. The molecular weight excluding hydrogens is 240 g/mol. The average Bonchev–Trinajstić information content (AvgIpc) is 2.70. The molecule has 0 spiro atoms. The minimum atomic E-state index is -0.116. The highest BCUT2D eigenvalue weighted by atomic mass is 16.1. The van der Waals surface area contributed by atoms with Gasteiger partial charge in [-0.2, -0.15) is 0 Å². The number of ketones is 1. The molecule has 0 atom stereocenters. The first-order chi connectivity index (χ1) is 8.99. The van der Waals surface area contributed by atoms with Crippen LogP contribution in [0.15, 0.2) is 30.5 Å². The van der Waals surface area contributed by atoms with E-state index in [0.717, 1.165) is 22.5 Å². The number of hydrogen-bond donors (Lipinski definition) is 2. The summed E-state index contributed by atoms with van der Waals surface area (Å²) in [5.41, 5.74) is 4.03. The fourth-order valence-electron chi connectivity index (χ4n) is 2.18. The van der Waals surface area contributed by atoms with Crippen molar-refractivity contribution in [3.8, 4) is 11.1 Å². The number of Topliss-reactive ketones (excluding diaryl/α,β-unsaturated/α-hetero) is 1. The van der Waals surface area contributed by atoms with Gasteiger partial charge in [-0.3, -0.25) is 9.59 Å². The first-order valence-corrected chi connectivity index (χ1v) is 6.06. The third kappa shape index (κ3) is 2.73. The van der Waals surface area contributed by atoms with Crippen LogP contribution in [-0.2, 0) is 4.79 Å². The van der Waals surface area contributed by atoms with Crippen LogP contribution >= 0.6 is 0 Å². The number of nitrogens with one attached hydrogen (secondary N) is 2. The van der Waals surface area contributed by atoms with E-state index in [2.05, 4.69) is 10.3 Å². The van der Waals surface area contributed by atoms with Crippen molar-refractivity contribution in [3.05, 3.63) is 41.7 Å². The van der Waals surface area contributed by atoms with Gasteiger partial charge in [-0.05, 0) is 31.5 Å². The minimum Gasteiger partial charge on any atom is -0.364 e. The van der Waals surface area contributed by atoms with Gasteiger partial charge < -0.3 is 10.3 Å². The second-order valence-corrected chi connectivity index (χ2v) is 4.52. The molecule has 1 heterocycles. The summed E-state index contributed by atoms with van der Waals surface area (Å²) in [5.74, 6) is -0.0899. The van der Waals surface area contributed by atoms with E-state index in [1.807, 2.05) is 37.4 Å². The number of aryl methyl sites for hydroxylation is 1. The molecule has 0 aliphatic heterocycles. The molecule has 2 rings (SSSR count). The molecule has 0 aliphatic carbocycles. The van der Waals surface area contributed by atoms with Gasteiger partial charge in [0.2, 0.25) is 5.91 Å². The Kier molecular flexibility index (Phi) is 3.51. The van der Waals surface area contributed by atoms with E-state index in [-0.39, 0.29) is 11.7 Å². The van der Waals surface area contributed by atoms with Gasteiger partial charge in [0.05, 0.1) is 0 Å². The molecule has 0 bridgehead atoms. The van der Waals surface area contributed by atoms with Crippen molar-refractivity contribution in [1.82, 2.24) is 4.98 Å². The van der Waals surface area contributed by atoms with E-state index in [4.69, 9.17) is 0 Å². The highest BCUT2D eigenvalue weighted by molar-refractivity contribution is 6.02. The van der Waals surface area contributed by atoms with E-state index in [1.54, 1.807) is 6.92 Å². The van der Waals surface area contributed by atoms with Gasteiger partial charge in [0.1, 0.15) is 0 Å². The van der Waals surface area contributed by atoms with Gasteiger partial charge in [0, 0.05) is 35.6 Å². The summed E-state index contributed by atoms with van der Waals surface area (Å²) in [6, 6.07) is 7.45. The highest BCUT2D eigenvalue weighted by Gasteiger charge is 2.14. The maximum Gasteiger partial charge on any atom is 0.221 e. The molecule has 4 heteroatoms. The lowest BCUT2D eigenvalue weighted by Crippen LogP contribution is -2.05. The van der Waals surface area contributed by atoms with Crippen molar-refractivity contribution < 1.29 is 9.59 Å². The zero-order valence-electron chi connectivity index (χ0n) is 11.2. The number of hydrogen-bond acceptors (Lipinski definition) is 2. The normalized spacial score (nSPS) is 10.3. The monoisotopic (exact) mass is 256 g/mol. The molecule has 98 valence electrons. The van der Waals surface area contributed by atoms with Gasteiger partial charge in [0.15, 0.2) is 5.78 Å². The Bertz CT molecular complexity index is 641. The molecule has 1 amide bonds. The first-order valence-electron chi connectivity index (χ1n) is 6.06. The lowest BCUT2D eigenvalue weighted by molar-refractivity contribution is -0.114. The third-order valence-corrected chi connectivity index (χ3v) is 2.92. The maximum absolute atomic E-state index is 11.7. The molecule has 0 aliphatic rings. The predicted octanol–water partition coefficient (Wildman–Crippen LogP) is 3.15. The largest absolute Gasteiger partial charge is 0.364 e. The van der Waals surface area contributed by atoms with Crippen LogP contribution < -0.4 is 5.32 Å². The van der Waals surface area contributed by atoms with Crippen molar-refractivity contribution in [2.24, 2.45) is 0 Å². The van der Waals surface area contributed by atoms with E-state index in [0.29, 0.717) is 5.56 Å². The van der Waals surface area contributed by atoms with E-state index >= 15 is 0 Å². The van der Waals surface area contributed by atoms with Gasteiger partial charge in [-0.1, -0.05) is 12.1 Å². The van der Waals surface area contributed by atoms with Crippen LogP contribution in [0.2, 0.25) is 0 Å². The fraction of sp³-hybridized carbons (Fsp3) is 0.200. The number of benzene rings is 1. The molecule has 0 saturated carbocycles. The van der Waals surface area contributed by atoms with Crippen LogP contribution in [0, 0.1) is 6.92 Å². The molecule has 0 radical (unpaired) electrons. The number of anilines is 1. The molecule has 0 saturated heterocycles. The Labute approximate surface area is 111 Å². The van der Waals surface area contributed by atoms with Crippen LogP contribution in [0.5, 0.6) is 0 Å². The maximum atomic E-state index is 11.7. The predicted molar refractivity (Wildman–Crippen MR) is 75.3 cm³/mol.